The van der Waals surface area contributed by atoms with E-state index < -0.39 is 11.2 Å². The lowest BCUT2D eigenvalue weighted by Crippen LogP contribution is -2.27. The van der Waals surface area contributed by atoms with Gasteiger partial charge in [-0.25, -0.2) is 4.98 Å². The topological polar surface area (TPSA) is 127 Å². The number of imidazole rings is 1. The number of nitrogens with zero attached hydrogens (tertiary/aromatic N) is 3. The van der Waals surface area contributed by atoms with Crippen LogP contribution in [0.1, 0.15) is 13.3 Å². The van der Waals surface area contributed by atoms with Crippen LogP contribution in [0, 0.1) is 0 Å². The van der Waals surface area contributed by atoms with Crippen LogP contribution in [-0.2, 0) is 11.3 Å². The molecule has 0 saturated heterocycles. The number of aryl methyl sites for hydroxylation is 1. The number of nitrogens with one attached hydrogen (secondary N) is 1. The molecule has 0 fully saturated rings. The molecule has 2 heterocycles. The average Bonchev–Trinajstić information content (AvgIpc) is 2.70. The number of carbonyl (C=O) groups is 1. The molecule has 8 heteroatoms. The molecule has 2 aromatic heterocycles. The highest BCUT2D eigenvalue weighted by molar-refractivity contribution is 5.70. The molecule has 2 aromatic rings. The van der Waals surface area contributed by atoms with Gasteiger partial charge in [-0.1, -0.05) is 0 Å². The summed E-state index contributed by atoms with van der Waals surface area (Å²) in [5, 5.41) is 9.59. The number of aromatic nitrogens is 4. The van der Waals surface area contributed by atoms with Crippen molar-refractivity contribution in [1.82, 2.24) is 19.5 Å². The Morgan fingerprint density at radius 1 is 1.67 bits per heavy atom. The van der Waals surface area contributed by atoms with Crippen LogP contribution in [-0.4, -0.2) is 36.5 Å². The number of H-pyrrole nitrogens is 1. The second-order valence-electron chi connectivity index (χ2n) is 4.29. The molecule has 0 aliphatic rings. The highest BCUT2D eigenvalue weighted by Crippen LogP contribution is 2.11. The zero-order valence-electron chi connectivity index (χ0n) is 9.75. The Labute approximate surface area is 101 Å². The molecular formula is C10H13N5O3. The van der Waals surface area contributed by atoms with Crippen LogP contribution in [0.2, 0.25) is 0 Å². The molecule has 1 atom stereocenters. The number of nitrogen functional groups attached to an aromatic ring is 1. The Morgan fingerprint density at radius 2 is 2.39 bits per heavy atom. The summed E-state index contributed by atoms with van der Waals surface area (Å²) >= 11 is 0. The van der Waals surface area contributed by atoms with E-state index in [4.69, 9.17) is 5.73 Å². The summed E-state index contributed by atoms with van der Waals surface area (Å²) < 4.78 is 1.57. The molecule has 96 valence electrons. The summed E-state index contributed by atoms with van der Waals surface area (Å²) in [7, 11) is 0. The maximum atomic E-state index is 11.5. The van der Waals surface area contributed by atoms with Crippen molar-refractivity contribution in [1.29, 1.82) is 0 Å². The Hall–Kier alpha value is -2.22. The van der Waals surface area contributed by atoms with E-state index in [0.717, 1.165) is 0 Å². The van der Waals surface area contributed by atoms with Crippen molar-refractivity contribution in [3.05, 3.63) is 16.7 Å². The van der Waals surface area contributed by atoms with Gasteiger partial charge in [0.1, 0.15) is 5.60 Å². The number of anilines is 1. The number of aldehydes is 1. The highest BCUT2D eigenvalue weighted by atomic mass is 16.3. The molecule has 0 bridgehead atoms. The van der Waals surface area contributed by atoms with Crippen LogP contribution >= 0.6 is 0 Å². The third-order valence-electron chi connectivity index (χ3n) is 2.61. The SMILES string of the molecule is CC(O)(C=O)CCn1cnc2c(=O)[nH]c(N)nc21. The zero-order valence-corrected chi connectivity index (χ0v) is 9.75. The van der Waals surface area contributed by atoms with Crippen molar-refractivity contribution in [3.8, 4) is 0 Å². The minimum atomic E-state index is -1.41. The molecule has 2 rings (SSSR count). The van der Waals surface area contributed by atoms with E-state index in [-0.39, 0.29) is 17.9 Å². The number of rotatable bonds is 4. The van der Waals surface area contributed by atoms with E-state index in [1.165, 1.54) is 13.3 Å². The van der Waals surface area contributed by atoms with Crippen LogP contribution in [0.4, 0.5) is 5.95 Å². The Balaban J connectivity index is 2.35. The van der Waals surface area contributed by atoms with Crippen LogP contribution in [0.15, 0.2) is 11.1 Å². The normalized spacial score (nSPS) is 14.6. The predicted octanol–water partition coefficient (Wildman–Crippen LogP) is -0.958. The van der Waals surface area contributed by atoms with Gasteiger partial charge in [0.05, 0.1) is 6.33 Å². The third-order valence-corrected chi connectivity index (χ3v) is 2.61. The van der Waals surface area contributed by atoms with E-state index in [2.05, 4.69) is 15.0 Å². The Kier molecular flexibility index (Phi) is 2.87. The van der Waals surface area contributed by atoms with Gasteiger partial charge in [-0.05, 0) is 6.92 Å². The fourth-order valence-corrected chi connectivity index (χ4v) is 1.54. The van der Waals surface area contributed by atoms with Crippen LogP contribution < -0.4 is 11.3 Å². The number of aromatic amines is 1. The molecule has 4 N–H and O–H groups in total. The third kappa shape index (κ3) is 2.23. The molecule has 0 aromatic carbocycles. The summed E-state index contributed by atoms with van der Waals surface area (Å²) in [6.45, 7) is 1.71. The van der Waals surface area contributed by atoms with E-state index in [1.54, 1.807) is 4.57 Å². The van der Waals surface area contributed by atoms with Gasteiger partial charge in [0.15, 0.2) is 17.5 Å². The number of hydrogen-bond donors (Lipinski definition) is 3. The van der Waals surface area contributed by atoms with Crippen LogP contribution in [0.5, 0.6) is 0 Å². The molecule has 0 aliphatic carbocycles. The van der Waals surface area contributed by atoms with Gasteiger partial charge in [0, 0.05) is 13.0 Å². The minimum Gasteiger partial charge on any atom is -0.383 e. The van der Waals surface area contributed by atoms with Crippen molar-refractivity contribution >= 4 is 23.4 Å². The lowest BCUT2D eigenvalue weighted by Gasteiger charge is -2.15. The summed E-state index contributed by atoms with van der Waals surface area (Å²) in [6.07, 6.45) is 2.09. The molecule has 8 nitrogen and oxygen atoms in total. The largest absolute Gasteiger partial charge is 0.383 e. The minimum absolute atomic E-state index is 0.00334. The first kappa shape index (κ1) is 12.2. The molecule has 0 aliphatic heterocycles. The first-order valence-electron chi connectivity index (χ1n) is 5.32. The van der Waals surface area contributed by atoms with Crippen molar-refractivity contribution < 1.29 is 9.90 Å². The van der Waals surface area contributed by atoms with Gasteiger partial charge in [0.2, 0.25) is 5.95 Å². The second-order valence-corrected chi connectivity index (χ2v) is 4.29. The molecular weight excluding hydrogens is 238 g/mol. The smallest absolute Gasteiger partial charge is 0.280 e. The monoisotopic (exact) mass is 251 g/mol. The lowest BCUT2D eigenvalue weighted by atomic mass is 10.1. The number of carbonyl (C=O) groups excluding carboxylic acids is 1. The number of aliphatic hydroxyl groups is 1. The number of hydrogen-bond acceptors (Lipinski definition) is 6. The maximum absolute atomic E-state index is 11.5. The van der Waals surface area contributed by atoms with E-state index in [1.807, 2.05) is 0 Å². The van der Waals surface area contributed by atoms with E-state index >= 15 is 0 Å². The first-order valence-corrected chi connectivity index (χ1v) is 5.32. The summed E-state index contributed by atoms with van der Waals surface area (Å²) in [6, 6.07) is 0. The van der Waals surface area contributed by atoms with Gasteiger partial charge in [-0.3, -0.25) is 9.78 Å². The Morgan fingerprint density at radius 3 is 3.06 bits per heavy atom. The molecule has 0 spiro atoms. The van der Waals surface area contributed by atoms with Crippen molar-refractivity contribution in [2.45, 2.75) is 25.5 Å². The maximum Gasteiger partial charge on any atom is 0.280 e. The van der Waals surface area contributed by atoms with Crippen LogP contribution in [0.3, 0.4) is 0 Å². The van der Waals surface area contributed by atoms with Gasteiger partial charge in [0.25, 0.3) is 5.56 Å². The van der Waals surface area contributed by atoms with E-state index in [0.29, 0.717) is 18.5 Å². The van der Waals surface area contributed by atoms with Crippen molar-refractivity contribution in [2.75, 3.05) is 5.73 Å². The van der Waals surface area contributed by atoms with Crippen LogP contribution in [0.25, 0.3) is 11.2 Å². The number of nitrogens with two attached hydrogens (primary N) is 1. The van der Waals surface area contributed by atoms with Gasteiger partial charge >= 0.3 is 0 Å². The first-order chi connectivity index (χ1) is 8.43. The lowest BCUT2D eigenvalue weighted by molar-refractivity contribution is -0.123. The van der Waals surface area contributed by atoms with E-state index in [9.17, 15) is 14.7 Å². The molecule has 0 saturated carbocycles. The summed E-state index contributed by atoms with van der Waals surface area (Å²) in [5.74, 6) is -0.00334. The second kappa shape index (κ2) is 4.22. The highest BCUT2D eigenvalue weighted by Gasteiger charge is 2.19. The standard InChI is InChI=1S/C10H13N5O3/c1-10(18,4-16)2-3-15-5-12-6-7(15)13-9(11)14-8(6)17/h4-5,18H,2-3H2,1H3,(H3,11,13,14,17). The molecule has 1 unspecified atom stereocenters. The molecule has 18 heavy (non-hydrogen) atoms. The molecule has 0 amide bonds. The fraction of sp³-hybridized carbons (Fsp3) is 0.400. The summed E-state index contributed by atoms with van der Waals surface area (Å²) in [5.41, 5.74) is 4.12. The zero-order chi connectivity index (χ0) is 13.3. The fourth-order valence-electron chi connectivity index (χ4n) is 1.54. The number of fused-ring (bicyclic) bond motifs is 1. The molecule has 0 radical (unpaired) electrons. The van der Waals surface area contributed by atoms with Gasteiger partial charge in [-0.2, -0.15) is 4.98 Å². The van der Waals surface area contributed by atoms with Crippen molar-refractivity contribution in [2.24, 2.45) is 0 Å². The summed E-state index contributed by atoms with van der Waals surface area (Å²) in [4.78, 5) is 32.3. The van der Waals surface area contributed by atoms with Crippen molar-refractivity contribution in [3.63, 3.8) is 0 Å². The Bertz CT molecular complexity index is 642. The predicted molar refractivity (Wildman–Crippen MR) is 63.9 cm³/mol. The average molecular weight is 251 g/mol. The van der Waals surface area contributed by atoms with Gasteiger partial charge < -0.3 is 20.2 Å². The quantitative estimate of drug-likeness (QED) is 0.601. The van der Waals surface area contributed by atoms with Gasteiger partial charge in [-0.15, -0.1) is 0 Å².